The number of pyridine rings is 2. The number of sulfone groups is 1. The van der Waals surface area contributed by atoms with E-state index in [9.17, 15) is 13.2 Å². The Bertz CT molecular complexity index is 1600. The van der Waals surface area contributed by atoms with Gasteiger partial charge in [-0.2, -0.15) is 0 Å². The summed E-state index contributed by atoms with van der Waals surface area (Å²) in [7, 11) is -1.95. The van der Waals surface area contributed by atoms with Gasteiger partial charge in [0.15, 0.2) is 15.3 Å². The van der Waals surface area contributed by atoms with E-state index in [1.54, 1.807) is 29.1 Å². The fourth-order valence-corrected chi connectivity index (χ4v) is 4.77. The summed E-state index contributed by atoms with van der Waals surface area (Å²) < 4.78 is 31.8. The lowest BCUT2D eigenvalue weighted by molar-refractivity contribution is 0.405. The smallest absolute Gasteiger partial charge is 0.194 e. The third-order valence-electron chi connectivity index (χ3n) is 5.74. The molecule has 0 aliphatic carbocycles. The van der Waals surface area contributed by atoms with Crippen molar-refractivity contribution >= 4 is 38.3 Å². The van der Waals surface area contributed by atoms with Crippen molar-refractivity contribution in [1.82, 2.24) is 19.5 Å². The van der Waals surface area contributed by atoms with Gasteiger partial charge < -0.3 is 15.0 Å². The van der Waals surface area contributed by atoms with Gasteiger partial charge in [0.1, 0.15) is 28.9 Å². The first-order valence-corrected chi connectivity index (χ1v) is 12.4. The fraction of sp³-hybridized carbons (Fsp3) is 0.250. The Hall–Kier alpha value is -3.50. The maximum atomic E-state index is 12.4. The summed E-state index contributed by atoms with van der Waals surface area (Å²) in [6.07, 6.45) is 6.91. The fourth-order valence-electron chi connectivity index (χ4n) is 3.97. The van der Waals surface area contributed by atoms with Crippen molar-refractivity contribution in [2.24, 2.45) is 0 Å². The van der Waals surface area contributed by atoms with Crippen LogP contribution in [0.25, 0.3) is 22.2 Å². The van der Waals surface area contributed by atoms with Crippen molar-refractivity contribution in [3.05, 3.63) is 69.5 Å². The molecule has 0 aliphatic heterocycles. The zero-order valence-corrected chi connectivity index (χ0v) is 20.5. The van der Waals surface area contributed by atoms with Crippen LogP contribution >= 0.6 is 11.6 Å². The summed E-state index contributed by atoms with van der Waals surface area (Å²) in [6.45, 7) is 3.73. The number of nitrogens with two attached hydrogens (primary N) is 1. The van der Waals surface area contributed by atoms with Crippen LogP contribution in [-0.2, 0) is 9.84 Å². The van der Waals surface area contributed by atoms with Crippen molar-refractivity contribution in [3.8, 4) is 16.9 Å². The monoisotopic (exact) mass is 515 g/mol. The van der Waals surface area contributed by atoms with E-state index in [0.717, 1.165) is 6.26 Å². The molecule has 1 atom stereocenters. The Morgan fingerprint density at radius 1 is 1.20 bits per heavy atom. The summed E-state index contributed by atoms with van der Waals surface area (Å²) >= 11 is 6.63. The maximum Gasteiger partial charge on any atom is 0.194 e. The van der Waals surface area contributed by atoms with Crippen molar-refractivity contribution in [1.29, 1.82) is 0 Å². The first-order chi connectivity index (χ1) is 16.0. The van der Waals surface area contributed by atoms with Crippen molar-refractivity contribution in [3.63, 3.8) is 0 Å². The number of nitrogen functional groups attached to an aromatic ring is 1. The lowest BCUT2D eigenvalue weighted by atomic mass is 9.94. The standard InChI is InChI=1S/C23H22ClN5O4S.CH4/c1-12-17(24)8-16(13(2)29-6-5-18(30)20-22(25)27-11-28-23(20)29)21(33-3)19(12)14-7-15(10-26-9-14)34(4,31)32;/h5-11,13H,1-4H3,(H2,25,27,28);1H4. The lowest BCUT2D eigenvalue weighted by Crippen LogP contribution is -2.16. The third kappa shape index (κ3) is 4.59. The van der Waals surface area contributed by atoms with Crippen LogP contribution in [-0.4, -0.2) is 41.3 Å². The largest absolute Gasteiger partial charge is 0.496 e. The van der Waals surface area contributed by atoms with E-state index in [1.807, 2.05) is 13.8 Å². The number of methoxy groups -OCH3 is 1. The number of hydrogen-bond acceptors (Lipinski definition) is 8. The summed E-state index contributed by atoms with van der Waals surface area (Å²) in [6, 6.07) is 4.34. The second-order valence-corrected chi connectivity index (χ2v) is 10.3. The minimum Gasteiger partial charge on any atom is -0.496 e. The molecular weight excluding hydrogens is 490 g/mol. The Labute approximate surface area is 208 Å². The van der Waals surface area contributed by atoms with Crippen LogP contribution in [0.15, 0.2) is 52.8 Å². The molecular formula is C24H26ClN5O4S. The maximum absolute atomic E-state index is 12.4. The number of anilines is 1. The molecule has 3 aromatic heterocycles. The summed E-state index contributed by atoms with van der Waals surface area (Å²) in [5, 5.41) is 0.682. The van der Waals surface area contributed by atoms with Gasteiger partial charge in [0, 0.05) is 52.6 Å². The molecule has 4 aromatic rings. The summed E-state index contributed by atoms with van der Waals surface area (Å²) in [4.78, 5) is 24.8. The Morgan fingerprint density at radius 3 is 2.57 bits per heavy atom. The molecule has 2 N–H and O–H groups in total. The molecule has 0 aliphatic rings. The van der Waals surface area contributed by atoms with Gasteiger partial charge in [-0.25, -0.2) is 18.4 Å². The van der Waals surface area contributed by atoms with Gasteiger partial charge >= 0.3 is 0 Å². The number of benzene rings is 1. The second-order valence-electron chi connectivity index (χ2n) is 7.88. The van der Waals surface area contributed by atoms with Crippen LogP contribution in [0.1, 0.15) is 31.5 Å². The predicted octanol–water partition coefficient (Wildman–Crippen LogP) is 4.06. The molecule has 0 fully saturated rings. The number of rotatable bonds is 5. The predicted molar refractivity (Wildman–Crippen MR) is 138 cm³/mol. The molecule has 4 rings (SSSR count). The molecule has 11 heteroatoms. The number of fused-ring (bicyclic) bond motifs is 1. The average Bonchev–Trinajstić information content (AvgIpc) is 2.79. The molecule has 184 valence electrons. The molecule has 0 radical (unpaired) electrons. The number of ether oxygens (including phenoxy) is 1. The molecule has 3 heterocycles. The van der Waals surface area contributed by atoms with Gasteiger partial charge in [-0.15, -0.1) is 0 Å². The number of halogens is 1. The van der Waals surface area contributed by atoms with E-state index < -0.39 is 15.9 Å². The Kier molecular flexibility index (Phi) is 7.18. The minimum atomic E-state index is -3.47. The van der Waals surface area contributed by atoms with Crippen molar-refractivity contribution < 1.29 is 13.2 Å². The normalized spacial score (nSPS) is 12.3. The highest BCUT2D eigenvalue weighted by Crippen LogP contribution is 2.43. The molecule has 0 spiro atoms. The van der Waals surface area contributed by atoms with E-state index in [1.165, 1.54) is 25.7 Å². The number of hydrogen-bond donors (Lipinski definition) is 1. The van der Waals surface area contributed by atoms with Crippen LogP contribution in [0.3, 0.4) is 0 Å². The van der Waals surface area contributed by atoms with Gasteiger partial charge in [0.2, 0.25) is 0 Å². The Balaban J connectivity index is 0.00000342. The topological polar surface area (TPSA) is 130 Å². The molecule has 1 aromatic carbocycles. The van der Waals surface area contributed by atoms with Crippen LogP contribution < -0.4 is 15.9 Å². The molecule has 35 heavy (non-hydrogen) atoms. The lowest BCUT2D eigenvalue weighted by Gasteiger charge is -2.24. The second kappa shape index (κ2) is 9.63. The molecule has 0 amide bonds. The highest BCUT2D eigenvalue weighted by Gasteiger charge is 2.24. The molecule has 0 saturated heterocycles. The zero-order chi connectivity index (χ0) is 24.8. The van der Waals surface area contributed by atoms with Crippen LogP contribution in [0.4, 0.5) is 5.82 Å². The third-order valence-corrected chi connectivity index (χ3v) is 7.21. The molecule has 1 unspecified atom stereocenters. The van der Waals surface area contributed by atoms with Gasteiger partial charge in [0.25, 0.3) is 0 Å². The summed E-state index contributed by atoms with van der Waals surface area (Å²) in [5.41, 5.74) is 8.60. The van der Waals surface area contributed by atoms with Crippen molar-refractivity contribution in [2.75, 3.05) is 19.1 Å². The highest BCUT2D eigenvalue weighted by molar-refractivity contribution is 7.90. The minimum absolute atomic E-state index is 0. The van der Waals surface area contributed by atoms with Crippen LogP contribution in [0.2, 0.25) is 5.02 Å². The van der Waals surface area contributed by atoms with Gasteiger partial charge in [0.05, 0.1) is 18.0 Å². The van der Waals surface area contributed by atoms with Gasteiger partial charge in [-0.3, -0.25) is 9.78 Å². The molecule has 0 bridgehead atoms. The van der Waals surface area contributed by atoms with Crippen molar-refractivity contribution in [2.45, 2.75) is 32.2 Å². The van der Waals surface area contributed by atoms with E-state index in [4.69, 9.17) is 22.1 Å². The first kappa shape index (κ1) is 26.1. The first-order valence-electron chi connectivity index (χ1n) is 10.2. The molecule has 0 saturated carbocycles. The van der Waals surface area contributed by atoms with Crippen LogP contribution in [0.5, 0.6) is 5.75 Å². The average molecular weight is 516 g/mol. The van der Waals surface area contributed by atoms with E-state index >= 15 is 0 Å². The van der Waals surface area contributed by atoms with Crippen LogP contribution in [0, 0.1) is 6.92 Å². The number of aromatic nitrogens is 4. The Morgan fingerprint density at radius 2 is 1.91 bits per heavy atom. The van der Waals surface area contributed by atoms with E-state index in [0.29, 0.717) is 38.7 Å². The highest BCUT2D eigenvalue weighted by atomic mass is 35.5. The van der Waals surface area contributed by atoms with E-state index in [2.05, 4.69) is 15.0 Å². The SMILES string of the molecule is C.COc1c(C(C)n2ccc(=O)c3c(N)ncnc32)cc(Cl)c(C)c1-c1cncc(S(C)(=O)=O)c1. The zero-order valence-electron chi connectivity index (χ0n) is 18.9. The molecule has 9 nitrogen and oxygen atoms in total. The van der Waals surface area contributed by atoms with E-state index in [-0.39, 0.29) is 29.0 Å². The van der Waals surface area contributed by atoms with Gasteiger partial charge in [-0.1, -0.05) is 19.0 Å². The quantitative estimate of drug-likeness (QED) is 0.421. The summed E-state index contributed by atoms with van der Waals surface area (Å²) in [5.74, 6) is 0.588. The van der Waals surface area contributed by atoms with Gasteiger partial charge in [-0.05, 0) is 31.5 Å². The number of nitrogens with zero attached hydrogens (tertiary/aromatic N) is 4.